The molecule has 0 unspecified atom stereocenters. The molecule has 1 N–H and O–H groups in total. The van der Waals surface area contributed by atoms with Crippen molar-refractivity contribution < 1.29 is 19.4 Å². The van der Waals surface area contributed by atoms with Gasteiger partial charge in [-0.3, -0.25) is 4.79 Å². The molecule has 0 spiro atoms. The van der Waals surface area contributed by atoms with Gasteiger partial charge in [0, 0.05) is 7.05 Å². The Morgan fingerprint density at radius 2 is 1.75 bits per heavy atom. The van der Waals surface area contributed by atoms with E-state index < -0.39 is 12.0 Å². The van der Waals surface area contributed by atoms with E-state index in [1.807, 2.05) is 49.4 Å². The van der Waals surface area contributed by atoms with E-state index in [1.54, 1.807) is 38.3 Å². The molecule has 2 aromatic rings. The van der Waals surface area contributed by atoms with Crippen LogP contribution in [0.2, 0.25) is 0 Å². The van der Waals surface area contributed by atoms with Crippen LogP contribution in [0.25, 0.3) is 0 Å². The van der Waals surface area contributed by atoms with Gasteiger partial charge in [0.25, 0.3) is 0 Å². The fraction of sp³-hybridized carbons (Fsp3) is 0.348. The van der Waals surface area contributed by atoms with E-state index >= 15 is 0 Å². The first-order valence-corrected chi connectivity index (χ1v) is 9.27. The Bertz CT molecular complexity index is 790. The number of hydrogen-bond donors (Lipinski definition) is 1. The summed E-state index contributed by atoms with van der Waals surface area (Å²) in [4.78, 5) is 14.9. The van der Waals surface area contributed by atoms with Gasteiger partial charge in [-0.25, -0.2) is 0 Å². The van der Waals surface area contributed by atoms with E-state index in [0.29, 0.717) is 17.9 Å². The average molecular weight is 383 g/mol. The minimum Gasteiger partial charge on any atom is -0.493 e. The van der Waals surface area contributed by atoms with Gasteiger partial charge in [0.2, 0.25) is 5.91 Å². The highest BCUT2D eigenvalue weighted by Gasteiger charge is 2.30. The summed E-state index contributed by atoms with van der Waals surface area (Å²) in [5.74, 6) is 0.668. The van der Waals surface area contributed by atoms with Crippen LogP contribution in [0.1, 0.15) is 36.5 Å². The van der Waals surface area contributed by atoms with Gasteiger partial charge < -0.3 is 19.5 Å². The Balaban J connectivity index is 2.27. The lowest BCUT2D eigenvalue weighted by atomic mass is 9.92. The van der Waals surface area contributed by atoms with Gasteiger partial charge in [-0.05, 0) is 36.6 Å². The lowest BCUT2D eigenvalue weighted by Gasteiger charge is -2.32. The van der Waals surface area contributed by atoms with Crippen LogP contribution < -0.4 is 9.47 Å². The molecular formula is C23H29NO4. The minimum absolute atomic E-state index is 0.0883. The number of allylic oxidation sites excluding steroid dienone is 1. The van der Waals surface area contributed by atoms with Crippen LogP contribution in [0.5, 0.6) is 11.5 Å². The summed E-state index contributed by atoms with van der Waals surface area (Å²) in [5, 5.41) is 10.7. The second kappa shape index (κ2) is 9.95. The summed E-state index contributed by atoms with van der Waals surface area (Å²) < 4.78 is 10.7. The fourth-order valence-corrected chi connectivity index (χ4v) is 3.20. The number of hydrogen-bond acceptors (Lipinski definition) is 4. The molecule has 0 heterocycles. The van der Waals surface area contributed by atoms with Crippen LogP contribution in [0.15, 0.2) is 61.2 Å². The molecule has 0 aliphatic heterocycles. The summed E-state index contributed by atoms with van der Waals surface area (Å²) >= 11 is 0. The lowest BCUT2D eigenvalue weighted by molar-refractivity contribution is -0.135. The zero-order chi connectivity index (χ0) is 20.7. The van der Waals surface area contributed by atoms with E-state index in [0.717, 1.165) is 11.1 Å². The van der Waals surface area contributed by atoms with E-state index in [1.165, 1.54) is 0 Å². The molecule has 0 aliphatic carbocycles. The van der Waals surface area contributed by atoms with Crippen molar-refractivity contribution in [3.8, 4) is 11.5 Å². The van der Waals surface area contributed by atoms with Crippen molar-refractivity contribution in [2.75, 3.05) is 21.3 Å². The van der Waals surface area contributed by atoms with Crippen LogP contribution in [0.4, 0.5) is 0 Å². The molecule has 28 heavy (non-hydrogen) atoms. The summed E-state index contributed by atoms with van der Waals surface area (Å²) in [6.45, 7) is 5.64. The monoisotopic (exact) mass is 383 g/mol. The molecule has 5 nitrogen and oxygen atoms in total. The molecule has 0 saturated heterocycles. The number of likely N-dealkylation sites (N-methyl/N-ethyl adjacent to an activating group) is 1. The number of rotatable bonds is 9. The van der Waals surface area contributed by atoms with Gasteiger partial charge in [0.15, 0.2) is 11.5 Å². The summed E-state index contributed by atoms with van der Waals surface area (Å²) in [7, 11) is 4.86. The Labute approximate surface area is 167 Å². The average Bonchev–Trinajstić information content (AvgIpc) is 2.75. The molecule has 3 atom stereocenters. The zero-order valence-electron chi connectivity index (χ0n) is 17.0. The highest BCUT2D eigenvalue weighted by Crippen LogP contribution is 2.33. The summed E-state index contributed by atoms with van der Waals surface area (Å²) in [5.41, 5.74) is 1.59. The Hall–Kier alpha value is -2.79. The Morgan fingerprint density at radius 3 is 2.32 bits per heavy atom. The molecule has 0 aliphatic rings. The SMILES string of the molecule is C=CC[C@H](C(=O)N(C)[C@H](C)[C@H](O)c1ccccc1)c1ccc(OC)c(OC)c1. The number of methoxy groups -OCH3 is 2. The number of aliphatic hydroxyl groups excluding tert-OH is 1. The van der Waals surface area contributed by atoms with Gasteiger partial charge in [0.1, 0.15) is 0 Å². The van der Waals surface area contributed by atoms with Crippen molar-refractivity contribution in [1.82, 2.24) is 4.90 Å². The standard InChI is InChI=1S/C23H29NO4/c1-6-10-19(18-13-14-20(27-4)21(15-18)28-5)23(26)24(3)16(2)22(25)17-11-8-7-9-12-17/h6-9,11-16,19,22,25H,1,10H2,2-5H3/t16-,19+,22+/m1/s1. The van der Waals surface area contributed by atoms with E-state index in [9.17, 15) is 9.90 Å². The molecule has 0 saturated carbocycles. The normalized spacial score (nSPS) is 13.9. The van der Waals surface area contributed by atoms with Crippen LogP contribution >= 0.6 is 0 Å². The number of carbonyl (C=O) groups excluding carboxylic acids is 1. The Kier molecular flexibility index (Phi) is 7.64. The van der Waals surface area contributed by atoms with Gasteiger partial charge in [-0.15, -0.1) is 6.58 Å². The molecule has 0 bridgehead atoms. The summed E-state index contributed by atoms with van der Waals surface area (Å²) in [6, 6.07) is 14.4. The van der Waals surface area contributed by atoms with E-state index in [4.69, 9.17) is 9.47 Å². The maximum Gasteiger partial charge on any atom is 0.230 e. The highest BCUT2D eigenvalue weighted by atomic mass is 16.5. The molecule has 1 amide bonds. The number of carbonyl (C=O) groups is 1. The minimum atomic E-state index is -0.773. The molecule has 0 fully saturated rings. The van der Waals surface area contributed by atoms with Gasteiger partial charge >= 0.3 is 0 Å². The van der Waals surface area contributed by atoms with E-state index in [2.05, 4.69) is 6.58 Å². The van der Waals surface area contributed by atoms with Crippen molar-refractivity contribution in [2.45, 2.75) is 31.4 Å². The molecule has 0 aromatic heterocycles. The van der Waals surface area contributed by atoms with Gasteiger partial charge in [0.05, 0.1) is 32.3 Å². The van der Waals surface area contributed by atoms with Crippen LogP contribution in [-0.2, 0) is 4.79 Å². The topological polar surface area (TPSA) is 59.0 Å². The molecule has 150 valence electrons. The molecule has 5 heteroatoms. The smallest absolute Gasteiger partial charge is 0.230 e. The lowest BCUT2D eigenvalue weighted by Crippen LogP contribution is -2.41. The van der Waals surface area contributed by atoms with E-state index in [-0.39, 0.29) is 11.9 Å². The van der Waals surface area contributed by atoms with Crippen LogP contribution in [-0.4, -0.2) is 43.2 Å². The van der Waals surface area contributed by atoms with Gasteiger partial charge in [-0.2, -0.15) is 0 Å². The predicted octanol–water partition coefficient (Wildman–Crippen LogP) is 3.94. The van der Waals surface area contributed by atoms with Crippen LogP contribution in [0.3, 0.4) is 0 Å². The summed E-state index contributed by atoms with van der Waals surface area (Å²) in [6.07, 6.45) is 1.43. The first-order valence-electron chi connectivity index (χ1n) is 9.27. The van der Waals surface area contributed by atoms with Gasteiger partial charge in [-0.1, -0.05) is 42.5 Å². The van der Waals surface area contributed by atoms with Crippen molar-refractivity contribution in [3.05, 3.63) is 72.3 Å². The quantitative estimate of drug-likeness (QED) is 0.666. The number of nitrogens with zero attached hydrogens (tertiary/aromatic N) is 1. The highest BCUT2D eigenvalue weighted by molar-refractivity contribution is 5.84. The first kappa shape index (κ1) is 21.5. The second-order valence-electron chi connectivity index (χ2n) is 6.74. The van der Waals surface area contributed by atoms with Crippen molar-refractivity contribution in [2.24, 2.45) is 0 Å². The maximum absolute atomic E-state index is 13.3. The maximum atomic E-state index is 13.3. The number of benzene rings is 2. The third-order valence-electron chi connectivity index (χ3n) is 5.07. The van der Waals surface area contributed by atoms with Crippen molar-refractivity contribution >= 4 is 5.91 Å². The molecule has 2 aromatic carbocycles. The van der Waals surface area contributed by atoms with Crippen molar-refractivity contribution in [3.63, 3.8) is 0 Å². The van der Waals surface area contributed by atoms with Crippen molar-refractivity contribution in [1.29, 1.82) is 0 Å². The Morgan fingerprint density at radius 1 is 1.11 bits per heavy atom. The van der Waals surface area contributed by atoms with Crippen LogP contribution in [0, 0.1) is 0 Å². The molecule has 2 rings (SSSR count). The molecular weight excluding hydrogens is 354 g/mol. The largest absolute Gasteiger partial charge is 0.493 e. The third-order valence-corrected chi connectivity index (χ3v) is 5.07. The third kappa shape index (κ3) is 4.73. The second-order valence-corrected chi connectivity index (χ2v) is 6.74. The number of aliphatic hydroxyl groups is 1. The number of ether oxygens (including phenoxy) is 2. The first-order chi connectivity index (χ1) is 13.4. The molecule has 0 radical (unpaired) electrons. The zero-order valence-corrected chi connectivity index (χ0v) is 17.0. The fourth-order valence-electron chi connectivity index (χ4n) is 3.20. The number of amides is 1. The predicted molar refractivity (Wildman–Crippen MR) is 111 cm³/mol.